The Balaban J connectivity index is 2.31. The number of hydrogen-bond donors (Lipinski definition) is 1. The lowest BCUT2D eigenvalue weighted by Gasteiger charge is -2.05. The highest BCUT2D eigenvalue weighted by Gasteiger charge is 2.18. The molecular formula is C17H13ClFNO2. The van der Waals surface area contributed by atoms with Gasteiger partial charge in [0.15, 0.2) is 6.29 Å². The third kappa shape index (κ3) is 2.16. The molecule has 2 aromatic carbocycles. The largest absolute Gasteiger partial charge is 0.495 e. The first-order valence-corrected chi connectivity index (χ1v) is 7.04. The van der Waals surface area contributed by atoms with E-state index in [2.05, 4.69) is 4.98 Å². The fourth-order valence-corrected chi connectivity index (χ4v) is 2.85. The number of aromatic amines is 1. The van der Waals surface area contributed by atoms with Crippen LogP contribution in [0.25, 0.3) is 22.2 Å². The summed E-state index contributed by atoms with van der Waals surface area (Å²) in [5, 5.41) is 0.727. The third-order valence-corrected chi connectivity index (χ3v) is 4.01. The van der Waals surface area contributed by atoms with Crippen LogP contribution in [0.15, 0.2) is 30.3 Å². The maximum absolute atomic E-state index is 14.1. The number of H-pyrrole nitrogens is 1. The lowest BCUT2D eigenvalue weighted by Crippen LogP contribution is -1.88. The Morgan fingerprint density at radius 3 is 2.68 bits per heavy atom. The molecule has 0 aliphatic rings. The van der Waals surface area contributed by atoms with E-state index in [-0.39, 0.29) is 5.56 Å². The van der Waals surface area contributed by atoms with Gasteiger partial charge in [-0.2, -0.15) is 0 Å². The number of aryl methyl sites for hydroxylation is 1. The van der Waals surface area contributed by atoms with Gasteiger partial charge in [0.2, 0.25) is 0 Å². The first kappa shape index (κ1) is 14.6. The first-order chi connectivity index (χ1) is 10.6. The van der Waals surface area contributed by atoms with Gasteiger partial charge in [-0.25, -0.2) is 4.39 Å². The molecule has 1 aromatic heterocycles. The number of ether oxygens (including phenoxy) is 1. The summed E-state index contributed by atoms with van der Waals surface area (Å²) in [6, 6.07) is 8.21. The number of halogens is 2. The fourth-order valence-electron chi connectivity index (χ4n) is 2.59. The normalized spacial score (nSPS) is 10.9. The van der Waals surface area contributed by atoms with Crippen LogP contribution in [-0.4, -0.2) is 18.4 Å². The highest BCUT2D eigenvalue weighted by molar-refractivity contribution is 6.32. The highest BCUT2D eigenvalue weighted by Crippen LogP contribution is 2.35. The summed E-state index contributed by atoms with van der Waals surface area (Å²) >= 11 is 6.13. The molecule has 1 N–H and O–H groups in total. The summed E-state index contributed by atoms with van der Waals surface area (Å²) in [5.74, 6) is 0.112. The minimum absolute atomic E-state index is 0.289. The van der Waals surface area contributed by atoms with Crippen molar-refractivity contribution < 1.29 is 13.9 Å². The van der Waals surface area contributed by atoms with Crippen LogP contribution in [0.2, 0.25) is 5.02 Å². The molecule has 0 saturated carbocycles. The van der Waals surface area contributed by atoms with Gasteiger partial charge in [0.25, 0.3) is 0 Å². The molecule has 0 spiro atoms. The van der Waals surface area contributed by atoms with Gasteiger partial charge in [0, 0.05) is 10.9 Å². The Morgan fingerprint density at radius 2 is 2.05 bits per heavy atom. The molecule has 1 heterocycles. The fraction of sp³-hybridized carbons (Fsp3) is 0.118. The van der Waals surface area contributed by atoms with Gasteiger partial charge in [-0.15, -0.1) is 0 Å². The van der Waals surface area contributed by atoms with Gasteiger partial charge in [0.05, 0.1) is 28.9 Å². The van der Waals surface area contributed by atoms with E-state index in [1.807, 2.05) is 6.92 Å². The van der Waals surface area contributed by atoms with E-state index in [4.69, 9.17) is 16.3 Å². The van der Waals surface area contributed by atoms with Gasteiger partial charge in [0.1, 0.15) is 11.6 Å². The minimum Gasteiger partial charge on any atom is -0.495 e. The molecule has 112 valence electrons. The third-order valence-electron chi connectivity index (χ3n) is 3.71. The van der Waals surface area contributed by atoms with Crippen molar-refractivity contribution in [3.63, 3.8) is 0 Å². The molecule has 0 radical (unpaired) electrons. The number of hydrogen-bond acceptors (Lipinski definition) is 2. The van der Waals surface area contributed by atoms with Crippen molar-refractivity contribution in [2.24, 2.45) is 0 Å². The molecule has 0 saturated heterocycles. The zero-order valence-corrected chi connectivity index (χ0v) is 12.8. The second kappa shape index (κ2) is 5.46. The Kier molecular flexibility index (Phi) is 3.62. The molecule has 0 bridgehead atoms. The molecule has 22 heavy (non-hydrogen) atoms. The van der Waals surface area contributed by atoms with Crippen molar-refractivity contribution in [2.45, 2.75) is 6.92 Å². The van der Waals surface area contributed by atoms with Crippen LogP contribution in [0.4, 0.5) is 4.39 Å². The van der Waals surface area contributed by atoms with Gasteiger partial charge in [-0.1, -0.05) is 17.7 Å². The van der Waals surface area contributed by atoms with Crippen LogP contribution >= 0.6 is 11.6 Å². The molecule has 0 fully saturated rings. The number of aldehydes is 1. The zero-order valence-electron chi connectivity index (χ0n) is 12.0. The zero-order chi connectivity index (χ0) is 15.9. The summed E-state index contributed by atoms with van der Waals surface area (Å²) in [5.41, 5.74) is 3.01. The van der Waals surface area contributed by atoms with Crippen molar-refractivity contribution in [3.05, 3.63) is 52.3 Å². The molecule has 0 atom stereocenters. The second-order valence-electron chi connectivity index (χ2n) is 5.00. The molecule has 0 aliphatic heterocycles. The summed E-state index contributed by atoms with van der Waals surface area (Å²) in [7, 11) is 1.53. The molecule has 0 unspecified atom stereocenters. The molecule has 0 aliphatic carbocycles. The predicted octanol–water partition coefficient (Wildman–Crippen LogP) is 4.76. The highest BCUT2D eigenvalue weighted by atomic mass is 35.5. The van der Waals surface area contributed by atoms with Crippen LogP contribution in [0.5, 0.6) is 5.75 Å². The number of carbonyl (C=O) groups excluding carboxylic acids is 1. The van der Waals surface area contributed by atoms with Crippen molar-refractivity contribution in [2.75, 3.05) is 7.11 Å². The lowest BCUT2D eigenvalue weighted by molar-refractivity contribution is 0.112. The quantitative estimate of drug-likeness (QED) is 0.708. The summed E-state index contributed by atoms with van der Waals surface area (Å²) in [6.07, 6.45) is 0.662. The Morgan fingerprint density at radius 1 is 1.27 bits per heavy atom. The van der Waals surface area contributed by atoms with Gasteiger partial charge < -0.3 is 9.72 Å². The van der Waals surface area contributed by atoms with Crippen molar-refractivity contribution in [3.8, 4) is 17.0 Å². The maximum Gasteiger partial charge on any atom is 0.152 e. The molecule has 3 aromatic rings. The van der Waals surface area contributed by atoms with Crippen LogP contribution in [0, 0.1) is 12.7 Å². The standard InChI is InChI=1S/C17H13ClFNO2/c1-9-3-5-13(19)15-11(8-21)17(20-16(9)15)10-4-6-14(22-2)12(18)7-10/h3-8,20H,1-2H3. The number of carbonyl (C=O) groups is 1. The molecule has 3 nitrogen and oxygen atoms in total. The summed E-state index contributed by atoms with van der Waals surface area (Å²) < 4.78 is 19.2. The number of fused-ring (bicyclic) bond motifs is 1. The number of nitrogens with one attached hydrogen (secondary N) is 1. The Bertz CT molecular complexity index is 886. The SMILES string of the molecule is COc1ccc(-c2[nH]c3c(C)ccc(F)c3c2C=O)cc1Cl. The van der Waals surface area contributed by atoms with E-state index in [0.717, 1.165) is 5.56 Å². The van der Waals surface area contributed by atoms with Crippen LogP contribution in [-0.2, 0) is 0 Å². The van der Waals surface area contributed by atoms with E-state index in [1.165, 1.54) is 13.2 Å². The minimum atomic E-state index is -0.426. The van der Waals surface area contributed by atoms with Crippen molar-refractivity contribution in [1.82, 2.24) is 4.98 Å². The number of rotatable bonds is 3. The summed E-state index contributed by atoms with van der Waals surface area (Å²) in [6.45, 7) is 1.86. The smallest absolute Gasteiger partial charge is 0.152 e. The van der Waals surface area contributed by atoms with E-state index in [9.17, 15) is 9.18 Å². The second-order valence-corrected chi connectivity index (χ2v) is 5.40. The number of benzene rings is 2. The van der Waals surface area contributed by atoms with Gasteiger partial charge >= 0.3 is 0 Å². The number of methoxy groups -OCH3 is 1. The van der Waals surface area contributed by atoms with Crippen LogP contribution in [0.3, 0.4) is 0 Å². The number of aromatic nitrogens is 1. The summed E-state index contributed by atoms with van der Waals surface area (Å²) in [4.78, 5) is 14.6. The van der Waals surface area contributed by atoms with E-state index >= 15 is 0 Å². The van der Waals surface area contributed by atoms with Crippen molar-refractivity contribution >= 4 is 28.8 Å². The van der Waals surface area contributed by atoms with Crippen molar-refractivity contribution in [1.29, 1.82) is 0 Å². The lowest BCUT2D eigenvalue weighted by atomic mass is 10.0. The molecular weight excluding hydrogens is 305 g/mol. The Labute approximate surface area is 131 Å². The molecule has 5 heteroatoms. The maximum atomic E-state index is 14.1. The average molecular weight is 318 g/mol. The van der Waals surface area contributed by atoms with E-state index in [1.54, 1.807) is 24.3 Å². The first-order valence-electron chi connectivity index (χ1n) is 6.66. The van der Waals surface area contributed by atoms with Gasteiger partial charge in [-0.3, -0.25) is 4.79 Å². The van der Waals surface area contributed by atoms with Crippen LogP contribution < -0.4 is 4.74 Å². The van der Waals surface area contributed by atoms with Gasteiger partial charge in [-0.05, 0) is 36.8 Å². The topological polar surface area (TPSA) is 42.1 Å². The Hall–Kier alpha value is -2.33. The van der Waals surface area contributed by atoms with E-state index < -0.39 is 5.82 Å². The monoisotopic (exact) mass is 317 g/mol. The molecule has 3 rings (SSSR count). The molecule has 0 amide bonds. The van der Waals surface area contributed by atoms with Crippen LogP contribution in [0.1, 0.15) is 15.9 Å². The predicted molar refractivity (Wildman–Crippen MR) is 85.4 cm³/mol. The average Bonchev–Trinajstić information content (AvgIpc) is 2.91. The van der Waals surface area contributed by atoms with E-state index in [0.29, 0.717) is 39.2 Å².